The first kappa shape index (κ1) is 40.5. The number of fused-ring (bicyclic) bond motifs is 9. The zero-order valence-corrected chi connectivity index (χ0v) is 37.2. The average Bonchev–Trinajstić information content (AvgIpc) is 4.20. The molecule has 7 aromatic rings. The maximum atomic E-state index is 6.56. The van der Waals surface area contributed by atoms with Crippen LogP contribution in [0.1, 0.15) is 41.5 Å². The van der Waals surface area contributed by atoms with Gasteiger partial charge in [0.05, 0.1) is 36.6 Å². The minimum atomic E-state index is -0.648. The van der Waals surface area contributed by atoms with Crippen molar-refractivity contribution in [3.63, 3.8) is 0 Å². The third kappa shape index (κ3) is 6.75. The van der Waals surface area contributed by atoms with E-state index in [9.17, 15) is 0 Å². The highest BCUT2D eigenvalue weighted by Gasteiger charge is 2.42. The standard InChI is InChI=1S/C48H42B6O12/c1-25-26(2)56-49(55-25)31-7-13-34(14-8-31)52-61-43-19-37-38(20-44(43)62-52)40-22-46-48(66-54(64-46)36-17-11-33(12-18-36)51-59-29(5)30(6)60-51)24-42(40)41-23-47-45(21-39(37)41)63-53(65-47)35-15-9-32(10-16-35)50-57-27(3)28(4)58-50/h7-30H,1-6H3. The van der Waals surface area contributed by atoms with Crippen molar-refractivity contribution in [3.8, 4) is 34.5 Å². The van der Waals surface area contributed by atoms with Crippen molar-refractivity contribution >= 4 is 108 Å². The lowest BCUT2D eigenvalue weighted by Crippen LogP contribution is -2.41. The summed E-state index contributed by atoms with van der Waals surface area (Å²) in [4.78, 5) is 0. The van der Waals surface area contributed by atoms with E-state index in [1.165, 1.54) is 0 Å². The molecule has 6 heterocycles. The predicted molar refractivity (Wildman–Crippen MR) is 258 cm³/mol. The van der Waals surface area contributed by atoms with Crippen molar-refractivity contribution < 1.29 is 55.9 Å². The zero-order chi connectivity index (χ0) is 44.5. The van der Waals surface area contributed by atoms with E-state index in [4.69, 9.17) is 55.9 Å². The van der Waals surface area contributed by atoms with E-state index in [0.717, 1.165) is 65.1 Å². The summed E-state index contributed by atoms with van der Waals surface area (Å²) in [5, 5.41) is 5.75. The molecular formula is C48H42B6O12. The average molecular weight is 876 g/mol. The highest BCUT2D eigenvalue weighted by molar-refractivity contribution is 6.67. The van der Waals surface area contributed by atoms with Gasteiger partial charge in [0.2, 0.25) is 0 Å². The van der Waals surface area contributed by atoms with Gasteiger partial charge in [-0.2, -0.15) is 0 Å². The fourth-order valence-electron chi connectivity index (χ4n) is 9.57. The van der Waals surface area contributed by atoms with Gasteiger partial charge in [-0.1, -0.05) is 72.8 Å². The first-order valence-corrected chi connectivity index (χ1v) is 22.8. The molecule has 0 radical (unpaired) electrons. The van der Waals surface area contributed by atoms with E-state index in [2.05, 4.69) is 36.4 Å². The summed E-state index contributed by atoms with van der Waals surface area (Å²) in [6, 6.07) is 36.4. The lowest BCUT2D eigenvalue weighted by Gasteiger charge is -2.14. The molecule has 12 nitrogen and oxygen atoms in total. The van der Waals surface area contributed by atoms with Gasteiger partial charge in [0, 0.05) is 16.4 Å². The predicted octanol–water partition coefficient (Wildman–Crippen LogP) is 4.20. The molecule has 18 heteroatoms. The summed E-state index contributed by atoms with van der Waals surface area (Å²) in [5.41, 5.74) is 5.45. The molecule has 0 aliphatic carbocycles. The SMILES string of the molecule is CC1OB(c2ccc(B3Oc4cc5c6cc7c(cc6c6cc8c(cc6c5cc4O3)OB(c3ccc(B4OC(C)C(C)O4)cc3)O8)OB(c3ccc(B4OC(C)C(C)O4)cc3)O7)cc2)OC1C. The van der Waals surface area contributed by atoms with Gasteiger partial charge < -0.3 is 55.9 Å². The summed E-state index contributed by atoms with van der Waals surface area (Å²) in [6.07, 6.45) is 0.123. The van der Waals surface area contributed by atoms with Gasteiger partial charge >= 0.3 is 42.7 Å². The molecule has 6 unspecified atom stereocenters. The molecule has 0 N–H and O–H groups in total. The van der Waals surface area contributed by atoms with Gasteiger partial charge in [0.1, 0.15) is 34.5 Å². The highest BCUT2D eigenvalue weighted by atomic mass is 16.7. The highest BCUT2D eigenvalue weighted by Crippen LogP contribution is 2.49. The molecule has 0 aromatic heterocycles. The minimum absolute atomic E-state index is 0.0205. The molecule has 6 atom stereocenters. The zero-order valence-electron chi connectivity index (χ0n) is 37.2. The topological polar surface area (TPSA) is 111 Å². The van der Waals surface area contributed by atoms with Crippen LogP contribution in [0.15, 0.2) is 109 Å². The summed E-state index contributed by atoms with van der Waals surface area (Å²) in [5.74, 6) is 3.83. The van der Waals surface area contributed by atoms with Crippen LogP contribution in [-0.4, -0.2) is 79.3 Å². The third-order valence-corrected chi connectivity index (χ3v) is 14.0. The second kappa shape index (κ2) is 15.4. The maximum Gasteiger partial charge on any atom is 0.632 e. The molecule has 7 aromatic carbocycles. The molecule has 6 aliphatic heterocycles. The molecule has 66 heavy (non-hydrogen) atoms. The molecule has 0 bridgehead atoms. The Morgan fingerprint density at radius 1 is 0.242 bits per heavy atom. The summed E-state index contributed by atoms with van der Waals surface area (Å²) >= 11 is 0. The molecule has 6 aliphatic rings. The number of benzene rings is 7. The Hall–Kier alpha value is -5.73. The molecule has 13 rings (SSSR count). The fraction of sp³-hybridized carbons (Fsp3) is 0.250. The first-order valence-electron chi connectivity index (χ1n) is 22.8. The monoisotopic (exact) mass is 876 g/mol. The van der Waals surface area contributed by atoms with Crippen molar-refractivity contribution in [3.05, 3.63) is 109 Å². The molecule has 0 saturated carbocycles. The van der Waals surface area contributed by atoms with Gasteiger partial charge in [-0.25, -0.2) is 0 Å². The van der Waals surface area contributed by atoms with Crippen LogP contribution in [0.25, 0.3) is 32.3 Å². The smallest absolute Gasteiger partial charge is 0.519 e. The van der Waals surface area contributed by atoms with Crippen LogP contribution in [-0.2, 0) is 27.9 Å². The Morgan fingerprint density at radius 3 is 0.561 bits per heavy atom. The number of hydrogen-bond acceptors (Lipinski definition) is 12. The Labute approximate surface area is 384 Å². The fourth-order valence-corrected chi connectivity index (χ4v) is 9.57. The first-order chi connectivity index (χ1) is 32.1. The molecule has 3 saturated heterocycles. The van der Waals surface area contributed by atoms with Crippen LogP contribution >= 0.6 is 0 Å². The molecule has 3 fully saturated rings. The third-order valence-electron chi connectivity index (χ3n) is 14.0. The van der Waals surface area contributed by atoms with E-state index in [1.54, 1.807) is 0 Å². The van der Waals surface area contributed by atoms with E-state index < -0.39 is 42.7 Å². The van der Waals surface area contributed by atoms with E-state index in [-0.39, 0.29) is 36.6 Å². The van der Waals surface area contributed by atoms with E-state index in [0.29, 0.717) is 34.5 Å². The minimum Gasteiger partial charge on any atom is -0.519 e. The van der Waals surface area contributed by atoms with Crippen molar-refractivity contribution in [2.45, 2.75) is 78.2 Å². The van der Waals surface area contributed by atoms with Crippen LogP contribution in [0.2, 0.25) is 0 Å². The summed E-state index contributed by atoms with van der Waals surface area (Å²) in [7, 11) is -3.16. The molecule has 0 amide bonds. The van der Waals surface area contributed by atoms with Gasteiger partial charge in [0.25, 0.3) is 0 Å². The van der Waals surface area contributed by atoms with Gasteiger partial charge in [-0.3, -0.25) is 0 Å². The number of hydrogen-bond donors (Lipinski definition) is 0. The maximum absolute atomic E-state index is 6.56. The Balaban J connectivity index is 0.854. The summed E-state index contributed by atoms with van der Waals surface area (Å²) < 4.78 is 75.5. The quantitative estimate of drug-likeness (QED) is 0.177. The second-order valence-corrected chi connectivity index (χ2v) is 18.3. The van der Waals surface area contributed by atoms with Crippen LogP contribution < -0.4 is 60.7 Å². The molecule has 0 spiro atoms. The second-order valence-electron chi connectivity index (χ2n) is 18.3. The number of rotatable bonds is 6. The van der Waals surface area contributed by atoms with Crippen molar-refractivity contribution in [1.82, 2.24) is 0 Å². The van der Waals surface area contributed by atoms with Crippen LogP contribution in [0, 0.1) is 0 Å². The van der Waals surface area contributed by atoms with E-state index in [1.807, 2.05) is 114 Å². The Morgan fingerprint density at radius 2 is 0.394 bits per heavy atom. The van der Waals surface area contributed by atoms with Gasteiger partial charge in [-0.05, 0) is 127 Å². The van der Waals surface area contributed by atoms with E-state index >= 15 is 0 Å². The largest absolute Gasteiger partial charge is 0.632 e. The Bertz CT molecular complexity index is 2580. The normalized spacial score (nSPS) is 24.1. The summed E-state index contributed by atoms with van der Waals surface area (Å²) in [6.45, 7) is 12.1. The van der Waals surface area contributed by atoms with Gasteiger partial charge in [0.15, 0.2) is 0 Å². The lowest BCUT2D eigenvalue weighted by atomic mass is 9.74. The van der Waals surface area contributed by atoms with Crippen LogP contribution in [0.5, 0.6) is 34.5 Å². The molecule has 324 valence electrons. The van der Waals surface area contributed by atoms with Crippen LogP contribution in [0.3, 0.4) is 0 Å². The van der Waals surface area contributed by atoms with Crippen molar-refractivity contribution in [1.29, 1.82) is 0 Å². The van der Waals surface area contributed by atoms with Crippen LogP contribution in [0.4, 0.5) is 0 Å². The van der Waals surface area contributed by atoms with Crippen molar-refractivity contribution in [2.75, 3.05) is 0 Å². The lowest BCUT2D eigenvalue weighted by molar-refractivity contribution is 0.187. The Kier molecular flexibility index (Phi) is 9.47. The van der Waals surface area contributed by atoms with Gasteiger partial charge in [-0.15, -0.1) is 0 Å². The van der Waals surface area contributed by atoms with Crippen molar-refractivity contribution in [2.24, 2.45) is 0 Å². The molecular weight excluding hydrogens is 833 g/mol.